The van der Waals surface area contributed by atoms with Gasteiger partial charge in [-0.15, -0.1) is 0 Å². The fourth-order valence-electron chi connectivity index (χ4n) is 2.52. The summed E-state index contributed by atoms with van der Waals surface area (Å²) in [6, 6.07) is 0.559. The second-order valence-corrected chi connectivity index (χ2v) is 4.73. The third kappa shape index (κ3) is 4.42. The van der Waals surface area contributed by atoms with Crippen LogP contribution in [0.25, 0.3) is 0 Å². The highest BCUT2D eigenvalue weighted by atomic mass is 16.5. The smallest absolute Gasteiger partial charge is 0.333 e. The van der Waals surface area contributed by atoms with E-state index in [9.17, 15) is 4.79 Å². The standard InChI is InChI=1S/C14H25NO3/c1-3-12(14(17)18-2)8-10-15-9-4-6-13(15)7-5-11-16/h8,13,16H,3-7,9-11H2,1-2H3. The quantitative estimate of drug-likeness (QED) is 0.556. The maximum atomic E-state index is 11.5. The van der Waals surface area contributed by atoms with Gasteiger partial charge in [0.2, 0.25) is 0 Å². The first-order valence-corrected chi connectivity index (χ1v) is 6.85. The van der Waals surface area contributed by atoms with Crippen molar-refractivity contribution < 1.29 is 14.6 Å². The number of likely N-dealkylation sites (tertiary alicyclic amines) is 1. The molecule has 1 rings (SSSR count). The number of rotatable bonds is 7. The molecule has 0 radical (unpaired) electrons. The summed E-state index contributed by atoms with van der Waals surface area (Å²) in [5.41, 5.74) is 0.755. The van der Waals surface area contributed by atoms with Crippen LogP contribution in [-0.2, 0) is 9.53 Å². The highest BCUT2D eigenvalue weighted by molar-refractivity contribution is 5.88. The lowest BCUT2D eigenvalue weighted by molar-refractivity contribution is -0.136. The lowest BCUT2D eigenvalue weighted by atomic mass is 10.1. The lowest BCUT2D eigenvalue weighted by Crippen LogP contribution is -2.30. The third-order valence-electron chi connectivity index (χ3n) is 3.60. The summed E-state index contributed by atoms with van der Waals surface area (Å²) >= 11 is 0. The first kappa shape index (κ1) is 15.2. The molecular weight excluding hydrogens is 230 g/mol. The van der Waals surface area contributed by atoms with Crippen LogP contribution in [0.4, 0.5) is 0 Å². The zero-order valence-corrected chi connectivity index (χ0v) is 11.5. The molecule has 1 atom stereocenters. The van der Waals surface area contributed by atoms with Crippen molar-refractivity contribution in [3.05, 3.63) is 11.6 Å². The monoisotopic (exact) mass is 255 g/mol. The summed E-state index contributed by atoms with van der Waals surface area (Å²) in [6.45, 7) is 4.14. The van der Waals surface area contributed by atoms with Gasteiger partial charge in [0, 0.05) is 24.8 Å². The molecule has 1 aliphatic heterocycles. The van der Waals surface area contributed by atoms with Gasteiger partial charge in [0.1, 0.15) is 0 Å². The Hall–Kier alpha value is -0.870. The molecular formula is C14H25NO3. The van der Waals surface area contributed by atoms with Gasteiger partial charge in [-0.2, -0.15) is 0 Å². The molecule has 0 bridgehead atoms. The number of ether oxygens (including phenoxy) is 1. The number of esters is 1. The van der Waals surface area contributed by atoms with Gasteiger partial charge < -0.3 is 9.84 Å². The average Bonchev–Trinajstić information content (AvgIpc) is 2.84. The Morgan fingerprint density at radius 2 is 2.33 bits per heavy atom. The number of hydrogen-bond donors (Lipinski definition) is 1. The minimum absolute atomic E-state index is 0.219. The summed E-state index contributed by atoms with van der Waals surface area (Å²) < 4.78 is 4.75. The average molecular weight is 255 g/mol. The second kappa shape index (κ2) is 8.27. The molecule has 18 heavy (non-hydrogen) atoms. The summed E-state index contributed by atoms with van der Waals surface area (Å²) in [5.74, 6) is -0.219. The van der Waals surface area contributed by atoms with Gasteiger partial charge in [-0.3, -0.25) is 4.90 Å². The van der Waals surface area contributed by atoms with Crippen LogP contribution in [0.15, 0.2) is 11.6 Å². The zero-order valence-electron chi connectivity index (χ0n) is 11.5. The number of hydrogen-bond acceptors (Lipinski definition) is 4. The molecule has 1 aliphatic rings. The Balaban J connectivity index is 2.49. The predicted octanol–water partition coefficient (Wildman–Crippen LogP) is 1.73. The Kier molecular flexibility index (Phi) is 6.98. The predicted molar refractivity (Wildman–Crippen MR) is 71.3 cm³/mol. The van der Waals surface area contributed by atoms with E-state index in [0.717, 1.165) is 31.5 Å². The fraction of sp³-hybridized carbons (Fsp3) is 0.786. The van der Waals surface area contributed by atoms with Crippen molar-refractivity contribution >= 4 is 5.97 Å². The van der Waals surface area contributed by atoms with Gasteiger partial charge in [-0.05, 0) is 38.6 Å². The van der Waals surface area contributed by atoms with Crippen molar-refractivity contribution in [2.75, 3.05) is 26.8 Å². The van der Waals surface area contributed by atoms with E-state index >= 15 is 0 Å². The maximum Gasteiger partial charge on any atom is 0.333 e. The van der Waals surface area contributed by atoms with E-state index in [4.69, 9.17) is 9.84 Å². The molecule has 1 unspecified atom stereocenters. The lowest BCUT2D eigenvalue weighted by Gasteiger charge is -2.23. The Labute approximate surface area is 110 Å². The molecule has 1 heterocycles. The van der Waals surface area contributed by atoms with Crippen LogP contribution in [0.3, 0.4) is 0 Å². The van der Waals surface area contributed by atoms with Crippen LogP contribution in [0.5, 0.6) is 0 Å². The number of aliphatic hydroxyl groups is 1. The molecule has 0 aromatic carbocycles. The summed E-state index contributed by atoms with van der Waals surface area (Å²) in [4.78, 5) is 13.9. The first-order valence-electron chi connectivity index (χ1n) is 6.85. The Morgan fingerprint density at radius 1 is 1.56 bits per heavy atom. The van der Waals surface area contributed by atoms with E-state index in [2.05, 4.69) is 4.90 Å². The maximum absolute atomic E-state index is 11.5. The number of methoxy groups -OCH3 is 1. The summed E-state index contributed by atoms with van der Waals surface area (Å²) in [6.07, 6.45) is 7.02. The number of aliphatic hydroxyl groups excluding tert-OH is 1. The summed E-state index contributed by atoms with van der Waals surface area (Å²) in [7, 11) is 1.42. The van der Waals surface area contributed by atoms with Gasteiger partial charge in [-0.1, -0.05) is 13.0 Å². The molecule has 0 spiro atoms. The number of carbonyl (C=O) groups excluding carboxylic acids is 1. The Morgan fingerprint density at radius 3 is 2.94 bits per heavy atom. The number of nitrogens with zero attached hydrogens (tertiary/aromatic N) is 1. The highest BCUT2D eigenvalue weighted by Crippen LogP contribution is 2.21. The van der Waals surface area contributed by atoms with Gasteiger partial charge in [0.15, 0.2) is 0 Å². The third-order valence-corrected chi connectivity index (χ3v) is 3.60. The topological polar surface area (TPSA) is 49.8 Å². The van der Waals surface area contributed by atoms with Crippen LogP contribution in [-0.4, -0.2) is 48.8 Å². The largest absolute Gasteiger partial charge is 0.466 e. The molecule has 1 saturated heterocycles. The van der Waals surface area contributed by atoms with E-state index in [-0.39, 0.29) is 12.6 Å². The molecule has 1 fully saturated rings. The van der Waals surface area contributed by atoms with Crippen LogP contribution in [0.1, 0.15) is 39.0 Å². The molecule has 0 aliphatic carbocycles. The van der Waals surface area contributed by atoms with E-state index in [1.165, 1.54) is 20.0 Å². The van der Waals surface area contributed by atoms with Crippen LogP contribution >= 0.6 is 0 Å². The molecule has 0 saturated carbocycles. The molecule has 4 heteroatoms. The van der Waals surface area contributed by atoms with Gasteiger partial charge >= 0.3 is 5.97 Å². The summed E-state index contributed by atoms with van der Waals surface area (Å²) in [5, 5.41) is 8.88. The van der Waals surface area contributed by atoms with Crippen LogP contribution in [0, 0.1) is 0 Å². The van der Waals surface area contributed by atoms with Gasteiger partial charge in [-0.25, -0.2) is 4.79 Å². The van der Waals surface area contributed by atoms with Gasteiger partial charge in [0.05, 0.1) is 7.11 Å². The Bertz CT molecular complexity index is 289. The number of carbonyl (C=O) groups is 1. The first-order chi connectivity index (χ1) is 8.72. The van der Waals surface area contributed by atoms with Crippen LogP contribution < -0.4 is 0 Å². The van der Waals surface area contributed by atoms with Crippen molar-refractivity contribution in [1.29, 1.82) is 0 Å². The van der Waals surface area contributed by atoms with Crippen molar-refractivity contribution in [2.45, 2.75) is 45.1 Å². The normalized spacial score (nSPS) is 21.3. The van der Waals surface area contributed by atoms with Gasteiger partial charge in [0.25, 0.3) is 0 Å². The molecule has 0 aromatic heterocycles. The molecule has 0 amide bonds. The minimum atomic E-state index is -0.219. The van der Waals surface area contributed by atoms with E-state index in [0.29, 0.717) is 12.5 Å². The molecule has 4 nitrogen and oxygen atoms in total. The molecule has 104 valence electrons. The van der Waals surface area contributed by atoms with Crippen molar-refractivity contribution in [3.8, 4) is 0 Å². The molecule has 1 N–H and O–H groups in total. The van der Waals surface area contributed by atoms with E-state index < -0.39 is 0 Å². The second-order valence-electron chi connectivity index (χ2n) is 4.73. The van der Waals surface area contributed by atoms with Crippen LogP contribution in [0.2, 0.25) is 0 Å². The van der Waals surface area contributed by atoms with Crippen molar-refractivity contribution in [1.82, 2.24) is 4.90 Å². The zero-order chi connectivity index (χ0) is 13.4. The fourth-order valence-corrected chi connectivity index (χ4v) is 2.52. The highest BCUT2D eigenvalue weighted by Gasteiger charge is 2.23. The van der Waals surface area contributed by atoms with E-state index in [1.54, 1.807) is 0 Å². The minimum Gasteiger partial charge on any atom is -0.466 e. The van der Waals surface area contributed by atoms with E-state index in [1.807, 2.05) is 13.0 Å². The SMILES string of the molecule is CCC(=CCN1CCCC1CCCO)C(=O)OC. The van der Waals surface area contributed by atoms with Crippen molar-refractivity contribution in [2.24, 2.45) is 0 Å². The van der Waals surface area contributed by atoms with Crippen molar-refractivity contribution in [3.63, 3.8) is 0 Å². The molecule has 0 aromatic rings.